The van der Waals surface area contributed by atoms with Gasteiger partial charge in [0.15, 0.2) is 5.05 Å². The smallest absolute Gasteiger partial charge is 0.161 e. The lowest BCUT2D eigenvalue weighted by atomic mass is 10.0. The second kappa shape index (κ2) is 11.7. The molecule has 140 valence electrons. The molecule has 0 aliphatic rings. The molecule has 0 amide bonds. The van der Waals surface area contributed by atoms with E-state index in [1.165, 1.54) is 30.6 Å². The zero-order chi connectivity index (χ0) is 18.6. The van der Waals surface area contributed by atoms with E-state index in [0.29, 0.717) is 5.92 Å². The second-order valence-corrected chi connectivity index (χ2v) is 7.13. The number of benzene rings is 2. The lowest BCUT2D eigenvalue weighted by Crippen LogP contribution is -2.22. The summed E-state index contributed by atoms with van der Waals surface area (Å²) in [4.78, 5) is 2.30. The van der Waals surface area contributed by atoms with Gasteiger partial charge in [0.25, 0.3) is 0 Å². The van der Waals surface area contributed by atoms with E-state index < -0.39 is 0 Å². The van der Waals surface area contributed by atoms with Crippen LogP contribution in [0.1, 0.15) is 46.0 Å². The number of anilines is 2. The van der Waals surface area contributed by atoms with Gasteiger partial charge in [-0.3, -0.25) is 0 Å². The van der Waals surface area contributed by atoms with Crippen molar-refractivity contribution in [1.29, 1.82) is 0 Å². The fraction of sp³-hybridized carbons (Fsp3) is 0.435. The molecule has 0 saturated carbocycles. The molecule has 2 aromatic carbocycles. The summed E-state index contributed by atoms with van der Waals surface area (Å²) in [5.41, 5.74) is 2.35. The molecule has 0 spiro atoms. The Morgan fingerprint density at radius 3 is 2.04 bits per heavy atom. The van der Waals surface area contributed by atoms with Gasteiger partial charge in [0.1, 0.15) is 0 Å². The van der Waals surface area contributed by atoms with Gasteiger partial charge in [0.05, 0.1) is 6.61 Å². The Hall–Kier alpha value is -1.87. The first-order valence-corrected chi connectivity index (χ1v) is 10.2. The third-order valence-corrected chi connectivity index (χ3v) is 5.02. The van der Waals surface area contributed by atoms with Crippen molar-refractivity contribution in [3.05, 3.63) is 60.7 Å². The average Bonchev–Trinajstić information content (AvgIpc) is 2.70. The van der Waals surface area contributed by atoms with E-state index >= 15 is 0 Å². The molecule has 0 fully saturated rings. The van der Waals surface area contributed by atoms with Crippen molar-refractivity contribution in [3.8, 4) is 0 Å². The van der Waals surface area contributed by atoms with Gasteiger partial charge < -0.3 is 9.64 Å². The van der Waals surface area contributed by atoms with Crippen LogP contribution < -0.4 is 4.90 Å². The van der Waals surface area contributed by atoms with Crippen molar-refractivity contribution >= 4 is 28.6 Å². The maximum atomic E-state index is 5.92. The Kier molecular flexibility index (Phi) is 9.19. The number of para-hydroxylation sites is 2. The topological polar surface area (TPSA) is 12.5 Å². The zero-order valence-electron chi connectivity index (χ0n) is 16.1. The van der Waals surface area contributed by atoms with E-state index in [-0.39, 0.29) is 0 Å². The first-order valence-electron chi connectivity index (χ1n) is 9.77. The van der Waals surface area contributed by atoms with E-state index in [1.54, 1.807) is 0 Å². The van der Waals surface area contributed by atoms with Crippen LogP contribution in [0.2, 0.25) is 0 Å². The lowest BCUT2D eigenvalue weighted by Gasteiger charge is -2.25. The Labute approximate surface area is 164 Å². The monoisotopic (exact) mass is 369 g/mol. The molecule has 0 aromatic heterocycles. The zero-order valence-corrected chi connectivity index (χ0v) is 16.9. The summed E-state index contributed by atoms with van der Waals surface area (Å²) in [6.45, 7) is 6.05. The van der Waals surface area contributed by atoms with Crippen LogP contribution in [0, 0.1) is 5.92 Å². The highest BCUT2D eigenvalue weighted by Gasteiger charge is 2.12. The van der Waals surface area contributed by atoms with Crippen molar-refractivity contribution in [2.24, 2.45) is 5.92 Å². The molecule has 1 atom stereocenters. The van der Waals surface area contributed by atoms with Crippen LogP contribution in [-0.4, -0.2) is 18.2 Å². The highest BCUT2D eigenvalue weighted by atomic mass is 32.1. The second-order valence-electron chi connectivity index (χ2n) is 6.67. The van der Waals surface area contributed by atoms with E-state index in [1.807, 2.05) is 12.1 Å². The largest absolute Gasteiger partial charge is 0.487 e. The number of thiocarbonyl (C=S) groups is 1. The molecule has 0 radical (unpaired) electrons. The van der Waals surface area contributed by atoms with Crippen molar-refractivity contribution in [3.63, 3.8) is 0 Å². The predicted molar refractivity (Wildman–Crippen MR) is 116 cm³/mol. The minimum absolute atomic E-state index is 0.618. The van der Waals surface area contributed by atoms with Gasteiger partial charge in [0, 0.05) is 24.3 Å². The van der Waals surface area contributed by atoms with Crippen LogP contribution in [0.25, 0.3) is 0 Å². The van der Waals surface area contributed by atoms with Crippen LogP contribution in [0.4, 0.5) is 11.4 Å². The molecule has 26 heavy (non-hydrogen) atoms. The minimum atomic E-state index is 0.618. The van der Waals surface area contributed by atoms with E-state index in [0.717, 1.165) is 31.0 Å². The predicted octanol–water partition coefficient (Wildman–Crippen LogP) is 6.78. The molecular weight excluding hydrogens is 338 g/mol. The van der Waals surface area contributed by atoms with Gasteiger partial charge in [0.2, 0.25) is 0 Å². The molecule has 0 aliphatic heterocycles. The van der Waals surface area contributed by atoms with Crippen molar-refractivity contribution in [2.45, 2.75) is 46.0 Å². The molecule has 1 unspecified atom stereocenters. The number of rotatable bonds is 11. The summed E-state index contributed by atoms with van der Waals surface area (Å²) in [6.07, 6.45) is 5.65. The summed E-state index contributed by atoms with van der Waals surface area (Å²) >= 11 is 5.50. The van der Waals surface area contributed by atoms with E-state index in [4.69, 9.17) is 17.0 Å². The molecule has 0 bridgehead atoms. The third-order valence-electron chi connectivity index (χ3n) is 4.70. The number of hydrogen-bond acceptors (Lipinski definition) is 3. The summed E-state index contributed by atoms with van der Waals surface area (Å²) < 4.78 is 5.92. The molecular formula is C23H31NOS. The van der Waals surface area contributed by atoms with Crippen molar-refractivity contribution < 1.29 is 4.74 Å². The van der Waals surface area contributed by atoms with E-state index in [2.05, 4.69) is 67.3 Å². The fourth-order valence-electron chi connectivity index (χ4n) is 3.01. The summed E-state index contributed by atoms with van der Waals surface area (Å²) in [6, 6.07) is 20.9. The van der Waals surface area contributed by atoms with Gasteiger partial charge in [-0.05, 0) is 48.8 Å². The van der Waals surface area contributed by atoms with Crippen LogP contribution >= 0.6 is 12.2 Å². The maximum absolute atomic E-state index is 5.92. The van der Waals surface area contributed by atoms with Crippen molar-refractivity contribution in [2.75, 3.05) is 18.1 Å². The first kappa shape index (κ1) is 20.4. The highest BCUT2D eigenvalue weighted by Crippen LogP contribution is 2.25. The van der Waals surface area contributed by atoms with Crippen LogP contribution in [0.15, 0.2) is 60.7 Å². The van der Waals surface area contributed by atoms with Gasteiger partial charge in [-0.1, -0.05) is 69.5 Å². The van der Waals surface area contributed by atoms with Gasteiger partial charge >= 0.3 is 0 Å². The SMILES string of the molecule is CCCCC(CC)COC(=S)CCN(c1ccccc1)c1ccccc1. The molecule has 3 heteroatoms. The van der Waals surface area contributed by atoms with Crippen molar-refractivity contribution in [1.82, 2.24) is 0 Å². The molecule has 2 rings (SSSR count). The molecule has 2 aromatic rings. The molecule has 0 N–H and O–H groups in total. The summed E-state index contributed by atoms with van der Waals surface area (Å²) in [5.74, 6) is 0.618. The van der Waals surface area contributed by atoms with Crippen LogP contribution in [-0.2, 0) is 4.74 Å². The third kappa shape index (κ3) is 6.80. The number of unbranched alkanes of at least 4 members (excludes halogenated alkanes) is 1. The van der Waals surface area contributed by atoms with Gasteiger partial charge in [-0.25, -0.2) is 0 Å². The van der Waals surface area contributed by atoms with Gasteiger partial charge in [-0.2, -0.15) is 0 Å². The first-order chi connectivity index (χ1) is 12.7. The van der Waals surface area contributed by atoms with Crippen LogP contribution in [0.5, 0.6) is 0 Å². The Balaban J connectivity index is 1.92. The van der Waals surface area contributed by atoms with E-state index in [9.17, 15) is 0 Å². The Morgan fingerprint density at radius 1 is 0.962 bits per heavy atom. The quantitative estimate of drug-likeness (QED) is 0.405. The normalized spacial score (nSPS) is 11.8. The summed E-state index contributed by atoms with van der Waals surface area (Å²) in [7, 11) is 0. The number of hydrogen-bond donors (Lipinski definition) is 0. The standard InChI is InChI=1S/C23H31NOS/c1-3-5-12-20(4-2)19-25-23(26)17-18-24(21-13-8-6-9-14-21)22-15-10-7-11-16-22/h6-11,13-16,20H,3-5,12,17-19H2,1-2H3. The fourth-order valence-corrected chi connectivity index (χ4v) is 3.17. The Bertz CT molecular complexity index is 590. The highest BCUT2D eigenvalue weighted by molar-refractivity contribution is 7.80. The lowest BCUT2D eigenvalue weighted by molar-refractivity contribution is 0.223. The maximum Gasteiger partial charge on any atom is 0.161 e. The Morgan fingerprint density at radius 2 is 1.54 bits per heavy atom. The summed E-state index contributed by atoms with van der Waals surface area (Å²) in [5, 5.41) is 0.719. The minimum Gasteiger partial charge on any atom is -0.487 e. The molecule has 2 nitrogen and oxygen atoms in total. The average molecular weight is 370 g/mol. The number of nitrogens with zero attached hydrogens (tertiary/aromatic N) is 1. The number of ether oxygens (including phenoxy) is 1. The van der Waals surface area contributed by atoms with Gasteiger partial charge in [-0.15, -0.1) is 0 Å². The molecule has 0 aliphatic carbocycles. The van der Waals surface area contributed by atoms with Crippen LogP contribution in [0.3, 0.4) is 0 Å². The molecule has 0 heterocycles. The molecule has 0 saturated heterocycles.